The molecule has 8 heteroatoms. The molecular formula is C22H31IN2O5. The van der Waals surface area contributed by atoms with Gasteiger partial charge >= 0.3 is 12.1 Å². The summed E-state index contributed by atoms with van der Waals surface area (Å²) >= 11 is 2.20. The molecule has 0 saturated heterocycles. The van der Waals surface area contributed by atoms with Gasteiger partial charge in [0.05, 0.1) is 7.11 Å². The highest BCUT2D eigenvalue weighted by molar-refractivity contribution is 14.1. The number of benzene rings is 1. The molecule has 2 atom stereocenters. The van der Waals surface area contributed by atoms with E-state index in [0.717, 1.165) is 9.13 Å². The summed E-state index contributed by atoms with van der Waals surface area (Å²) in [5.74, 6) is -0.933. The van der Waals surface area contributed by atoms with Crippen molar-refractivity contribution in [3.8, 4) is 0 Å². The maximum atomic E-state index is 13.5. The zero-order chi connectivity index (χ0) is 23.1. The first-order valence-electron chi connectivity index (χ1n) is 9.60. The molecule has 0 fully saturated rings. The van der Waals surface area contributed by atoms with Crippen molar-refractivity contribution in [3.05, 3.63) is 46.1 Å². The van der Waals surface area contributed by atoms with Gasteiger partial charge in [0.2, 0.25) is 5.91 Å². The lowest BCUT2D eigenvalue weighted by atomic mass is 10.0. The SMILES string of the molecule is C=CCN(C(=O)[C@H](Cc1ccc(I)cc1)N(C)C(=O)OC(C)(C)C)C(C)C(=O)OC. The Labute approximate surface area is 192 Å². The van der Waals surface area contributed by atoms with Crippen molar-refractivity contribution in [2.45, 2.75) is 51.8 Å². The highest BCUT2D eigenvalue weighted by atomic mass is 127. The Morgan fingerprint density at radius 3 is 2.23 bits per heavy atom. The highest BCUT2D eigenvalue weighted by Gasteiger charge is 2.36. The van der Waals surface area contributed by atoms with Gasteiger partial charge in [-0.05, 0) is 68.0 Å². The fraction of sp³-hybridized carbons (Fsp3) is 0.500. The molecule has 0 heterocycles. The summed E-state index contributed by atoms with van der Waals surface area (Å²) in [7, 11) is 2.80. The van der Waals surface area contributed by atoms with E-state index in [1.54, 1.807) is 27.7 Å². The quantitative estimate of drug-likeness (QED) is 0.292. The number of halogens is 1. The molecule has 0 saturated carbocycles. The highest BCUT2D eigenvalue weighted by Crippen LogP contribution is 2.18. The molecule has 1 aromatic rings. The summed E-state index contributed by atoms with van der Waals surface area (Å²) in [5, 5.41) is 0. The van der Waals surface area contributed by atoms with Gasteiger partial charge in [-0.2, -0.15) is 0 Å². The van der Waals surface area contributed by atoms with Crippen LogP contribution in [-0.2, 0) is 25.5 Å². The fourth-order valence-corrected chi connectivity index (χ4v) is 3.12. The number of methoxy groups -OCH3 is 1. The second kappa shape index (κ2) is 11.3. The first kappa shape index (κ1) is 25.9. The monoisotopic (exact) mass is 530 g/mol. The van der Waals surface area contributed by atoms with Gasteiger partial charge in [-0.25, -0.2) is 9.59 Å². The average Bonchev–Trinajstić information content (AvgIpc) is 2.68. The molecular weight excluding hydrogens is 499 g/mol. The number of carbonyl (C=O) groups excluding carboxylic acids is 3. The van der Waals surface area contributed by atoms with Crippen molar-refractivity contribution in [3.63, 3.8) is 0 Å². The minimum Gasteiger partial charge on any atom is -0.467 e. The van der Waals surface area contributed by atoms with E-state index in [-0.39, 0.29) is 18.9 Å². The first-order chi connectivity index (χ1) is 13.9. The number of rotatable bonds is 8. The van der Waals surface area contributed by atoms with E-state index in [4.69, 9.17) is 9.47 Å². The van der Waals surface area contributed by atoms with Gasteiger partial charge in [-0.1, -0.05) is 18.2 Å². The van der Waals surface area contributed by atoms with Crippen molar-refractivity contribution in [1.82, 2.24) is 9.80 Å². The lowest BCUT2D eigenvalue weighted by molar-refractivity contribution is -0.153. The molecule has 0 bridgehead atoms. The summed E-state index contributed by atoms with van der Waals surface area (Å²) in [4.78, 5) is 40.9. The Morgan fingerprint density at radius 1 is 1.20 bits per heavy atom. The predicted molar refractivity (Wildman–Crippen MR) is 124 cm³/mol. The van der Waals surface area contributed by atoms with Crippen molar-refractivity contribution in [2.75, 3.05) is 20.7 Å². The van der Waals surface area contributed by atoms with E-state index in [0.29, 0.717) is 0 Å². The van der Waals surface area contributed by atoms with Crippen molar-refractivity contribution in [1.29, 1.82) is 0 Å². The summed E-state index contributed by atoms with van der Waals surface area (Å²) < 4.78 is 11.3. The van der Waals surface area contributed by atoms with E-state index in [1.165, 1.54) is 30.0 Å². The van der Waals surface area contributed by atoms with E-state index in [1.807, 2.05) is 24.3 Å². The third kappa shape index (κ3) is 7.62. The second-order valence-electron chi connectivity index (χ2n) is 7.92. The zero-order valence-electron chi connectivity index (χ0n) is 18.5. The molecule has 166 valence electrons. The smallest absolute Gasteiger partial charge is 0.410 e. The Balaban J connectivity index is 3.28. The van der Waals surface area contributed by atoms with Crippen LogP contribution in [0.25, 0.3) is 0 Å². The van der Waals surface area contributed by atoms with Gasteiger partial charge in [0.25, 0.3) is 0 Å². The molecule has 0 aromatic heterocycles. The molecule has 0 aliphatic rings. The summed E-state index contributed by atoms with van der Waals surface area (Å²) in [5.41, 5.74) is 0.176. The molecule has 0 spiro atoms. The molecule has 1 unspecified atom stereocenters. The zero-order valence-corrected chi connectivity index (χ0v) is 20.6. The molecule has 7 nitrogen and oxygen atoms in total. The molecule has 0 N–H and O–H groups in total. The van der Waals surface area contributed by atoms with Gasteiger partial charge in [0, 0.05) is 23.6 Å². The van der Waals surface area contributed by atoms with Crippen LogP contribution in [0.5, 0.6) is 0 Å². The third-order valence-electron chi connectivity index (χ3n) is 4.40. The minimum absolute atomic E-state index is 0.139. The molecule has 1 aromatic carbocycles. The molecule has 2 amide bonds. The van der Waals surface area contributed by atoms with Crippen molar-refractivity contribution >= 4 is 40.6 Å². The van der Waals surface area contributed by atoms with Crippen LogP contribution in [0.2, 0.25) is 0 Å². The van der Waals surface area contributed by atoms with Gasteiger partial charge in [0.1, 0.15) is 17.7 Å². The topological polar surface area (TPSA) is 76.2 Å². The second-order valence-corrected chi connectivity index (χ2v) is 9.16. The third-order valence-corrected chi connectivity index (χ3v) is 5.11. The standard InChI is InChI=1S/C22H31IN2O5/c1-8-13-25(15(2)20(27)29-7)19(26)18(14-16-9-11-17(23)12-10-16)24(6)21(28)30-22(3,4)5/h8-12,15,18H,1,13-14H2,2-7H3/t15?,18-/m0/s1. The van der Waals surface area contributed by atoms with E-state index in [9.17, 15) is 14.4 Å². The Kier molecular flexibility index (Phi) is 9.80. The van der Waals surface area contributed by atoms with Crippen molar-refractivity contribution in [2.24, 2.45) is 0 Å². The Hall–Kier alpha value is -2.10. The number of esters is 1. The van der Waals surface area contributed by atoms with Gasteiger partial charge in [-0.15, -0.1) is 6.58 Å². The maximum Gasteiger partial charge on any atom is 0.410 e. The lowest BCUT2D eigenvalue weighted by Gasteiger charge is -2.35. The number of likely N-dealkylation sites (N-methyl/N-ethyl adjacent to an activating group) is 1. The summed E-state index contributed by atoms with van der Waals surface area (Å²) in [6.45, 7) is 10.7. The number of carbonyl (C=O) groups is 3. The predicted octanol–water partition coefficient (Wildman–Crippen LogP) is 3.65. The van der Waals surface area contributed by atoms with Crippen LogP contribution in [0.15, 0.2) is 36.9 Å². The molecule has 0 aliphatic heterocycles. The van der Waals surface area contributed by atoms with Gasteiger partial charge in [0.15, 0.2) is 0 Å². The Bertz CT molecular complexity index is 758. The molecule has 1 rings (SSSR count). The van der Waals surface area contributed by atoms with Gasteiger partial charge < -0.3 is 14.4 Å². The number of hydrogen-bond donors (Lipinski definition) is 0. The normalized spacial score (nSPS) is 13.0. The van der Waals surface area contributed by atoms with Crippen LogP contribution in [0.3, 0.4) is 0 Å². The largest absolute Gasteiger partial charge is 0.467 e. The molecule has 0 radical (unpaired) electrons. The van der Waals surface area contributed by atoms with Crippen LogP contribution in [0.1, 0.15) is 33.3 Å². The summed E-state index contributed by atoms with van der Waals surface area (Å²) in [6, 6.07) is 5.99. The summed E-state index contributed by atoms with van der Waals surface area (Å²) in [6.07, 6.45) is 1.19. The minimum atomic E-state index is -0.869. The van der Waals surface area contributed by atoms with Crippen LogP contribution in [0, 0.1) is 3.57 Å². The first-order valence-corrected chi connectivity index (χ1v) is 10.7. The lowest BCUT2D eigenvalue weighted by Crippen LogP contribution is -2.55. The van der Waals surface area contributed by atoms with Crippen LogP contribution in [0.4, 0.5) is 4.79 Å². The number of amides is 2. The number of nitrogens with zero attached hydrogens (tertiary/aromatic N) is 2. The Morgan fingerprint density at radius 2 is 1.77 bits per heavy atom. The number of ether oxygens (including phenoxy) is 2. The van der Waals surface area contributed by atoms with E-state index in [2.05, 4.69) is 29.2 Å². The van der Waals surface area contributed by atoms with E-state index < -0.39 is 29.7 Å². The number of hydrogen-bond acceptors (Lipinski definition) is 5. The van der Waals surface area contributed by atoms with Crippen LogP contribution >= 0.6 is 22.6 Å². The van der Waals surface area contributed by atoms with E-state index >= 15 is 0 Å². The maximum absolute atomic E-state index is 13.5. The molecule has 0 aliphatic carbocycles. The van der Waals surface area contributed by atoms with Crippen LogP contribution in [-0.4, -0.2) is 66.2 Å². The molecule has 30 heavy (non-hydrogen) atoms. The van der Waals surface area contributed by atoms with Crippen LogP contribution < -0.4 is 0 Å². The van der Waals surface area contributed by atoms with Gasteiger partial charge in [-0.3, -0.25) is 9.69 Å². The average molecular weight is 530 g/mol. The fourth-order valence-electron chi connectivity index (χ4n) is 2.76. The van der Waals surface area contributed by atoms with Crippen molar-refractivity contribution < 1.29 is 23.9 Å².